The zero-order valence-electron chi connectivity index (χ0n) is 11.4. The molecule has 0 radical (unpaired) electrons. The second-order valence-corrected chi connectivity index (χ2v) is 4.90. The van der Waals surface area contributed by atoms with Gasteiger partial charge < -0.3 is 0 Å². The van der Waals surface area contributed by atoms with E-state index >= 15 is 0 Å². The summed E-state index contributed by atoms with van der Waals surface area (Å²) >= 11 is 0. The van der Waals surface area contributed by atoms with Gasteiger partial charge in [-0.2, -0.15) is 0 Å². The summed E-state index contributed by atoms with van der Waals surface area (Å²) in [5.41, 5.74) is 0. The third kappa shape index (κ3) is 3.93. The number of nitrogens with zero attached hydrogens (tertiary/aromatic N) is 1. The zero-order chi connectivity index (χ0) is 13.5. The van der Waals surface area contributed by atoms with Crippen molar-refractivity contribution >= 4 is 17.6 Å². The molecule has 1 aliphatic rings. The standard InChI is InChI=1S/C14H23NO3/c1-3-11-10-13(17)15(14(11)18)9-7-5-6-8-12(16)4-2/h11H,3-10H2,1-2H3. The maximum Gasteiger partial charge on any atom is 0.232 e. The number of rotatable bonds is 8. The maximum atomic E-state index is 11.8. The van der Waals surface area contributed by atoms with Crippen LogP contribution in [0, 0.1) is 5.92 Å². The molecule has 0 aromatic heterocycles. The minimum absolute atomic E-state index is 0.00728. The van der Waals surface area contributed by atoms with Gasteiger partial charge in [-0.3, -0.25) is 19.3 Å². The molecule has 1 heterocycles. The van der Waals surface area contributed by atoms with E-state index in [0.717, 1.165) is 25.7 Å². The molecule has 0 saturated carbocycles. The van der Waals surface area contributed by atoms with Crippen molar-refractivity contribution in [2.45, 2.75) is 58.8 Å². The first-order valence-corrected chi connectivity index (χ1v) is 6.96. The molecule has 1 rings (SSSR count). The first-order chi connectivity index (χ1) is 8.60. The first kappa shape index (κ1) is 14.9. The predicted molar refractivity (Wildman–Crippen MR) is 68.9 cm³/mol. The Hall–Kier alpha value is -1.19. The first-order valence-electron chi connectivity index (χ1n) is 6.96. The molecule has 0 N–H and O–H groups in total. The molecule has 0 aliphatic carbocycles. The van der Waals surface area contributed by atoms with Crippen LogP contribution in [0.3, 0.4) is 0 Å². The van der Waals surface area contributed by atoms with Crippen LogP contribution in [0.4, 0.5) is 0 Å². The summed E-state index contributed by atoms with van der Waals surface area (Å²) < 4.78 is 0. The molecule has 1 fully saturated rings. The summed E-state index contributed by atoms with van der Waals surface area (Å²) in [7, 11) is 0. The highest BCUT2D eigenvalue weighted by molar-refractivity contribution is 6.03. The van der Waals surface area contributed by atoms with E-state index in [0.29, 0.717) is 25.8 Å². The summed E-state index contributed by atoms with van der Waals surface area (Å²) in [6, 6.07) is 0. The van der Waals surface area contributed by atoms with Gasteiger partial charge >= 0.3 is 0 Å². The highest BCUT2D eigenvalue weighted by atomic mass is 16.2. The van der Waals surface area contributed by atoms with Gasteiger partial charge in [-0.05, 0) is 19.3 Å². The Morgan fingerprint density at radius 2 is 1.94 bits per heavy atom. The topological polar surface area (TPSA) is 54.5 Å². The Kier molecular flexibility index (Phi) is 6.02. The van der Waals surface area contributed by atoms with Crippen molar-refractivity contribution in [3.05, 3.63) is 0 Å². The zero-order valence-corrected chi connectivity index (χ0v) is 11.4. The Labute approximate surface area is 109 Å². The molecule has 0 aromatic carbocycles. The molecular formula is C14H23NO3. The predicted octanol–water partition coefficient (Wildman–Crippen LogP) is 2.31. The fourth-order valence-electron chi connectivity index (χ4n) is 2.25. The van der Waals surface area contributed by atoms with Gasteiger partial charge in [0.05, 0.1) is 0 Å². The number of carbonyl (C=O) groups is 3. The van der Waals surface area contributed by atoms with Crippen molar-refractivity contribution in [3.8, 4) is 0 Å². The lowest BCUT2D eigenvalue weighted by Gasteiger charge is -2.14. The number of hydrogen-bond acceptors (Lipinski definition) is 3. The van der Waals surface area contributed by atoms with E-state index in [1.54, 1.807) is 0 Å². The average Bonchev–Trinajstić information content (AvgIpc) is 2.64. The summed E-state index contributed by atoms with van der Waals surface area (Å²) in [6.07, 6.45) is 4.91. The van der Waals surface area contributed by atoms with Crippen LogP contribution in [0.2, 0.25) is 0 Å². The number of hydrogen-bond donors (Lipinski definition) is 0. The minimum atomic E-state index is -0.0980. The van der Waals surface area contributed by atoms with E-state index in [1.165, 1.54) is 4.90 Å². The average molecular weight is 253 g/mol. The smallest absolute Gasteiger partial charge is 0.232 e. The van der Waals surface area contributed by atoms with Crippen LogP contribution in [0.25, 0.3) is 0 Å². The highest BCUT2D eigenvalue weighted by Crippen LogP contribution is 2.22. The summed E-state index contributed by atoms with van der Waals surface area (Å²) in [6.45, 7) is 4.33. The molecule has 102 valence electrons. The Balaban J connectivity index is 2.21. The third-order valence-electron chi connectivity index (χ3n) is 3.56. The molecule has 0 aromatic rings. The second kappa shape index (κ2) is 7.29. The molecular weight excluding hydrogens is 230 g/mol. The van der Waals surface area contributed by atoms with Crippen molar-refractivity contribution < 1.29 is 14.4 Å². The van der Waals surface area contributed by atoms with Gasteiger partial charge in [-0.25, -0.2) is 0 Å². The van der Waals surface area contributed by atoms with Crippen molar-refractivity contribution in [2.75, 3.05) is 6.54 Å². The van der Waals surface area contributed by atoms with Gasteiger partial charge in [0.15, 0.2) is 0 Å². The van der Waals surface area contributed by atoms with Crippen LogP contribution >= 0.6 is 0 Å². The molecule has 0 spiro atoms. The van der Waals surface area contributed by atoms with Gasteiger partial charge in [0.25, 0.3) is 0 Å². The van der Waals surface area contributed by atoms with Crippen LogP contribution in [0.15, 0.2) is 0 Å². The largest absolute Gasteiger partial charge is 0.300 e. The molecule has 1 atom stereocenters. The van der Waals surface area contributed by atoms with Crippen molar-refractivity contribution in [2.24, 2.45) is 5.92 Å². The Morgan fingerprint density at radius 1 is 1.22 bits per heavy atom. The number of carbonyl (C=O) groups excluding carboxylic acids is 3. The van der Waals surface area contributed by atoms with E-state index in [2.05, 4.69) is 0 Å². The second-order valence-electron chi connectivity index (χ2n) is 4.90. The molecule has 0 bridgehead atoms. The number of imide groups is 1. The van der Waals surface area contributed by atoms with Crippen LogP contribution in [0.1, 0.15) is 58.8 Å². The van der Waals surface area contributed by atoms with Crippen LogP contribution in [-0.4, -0.2) is 29.0 Å². The highest BCUT2D eigenvalue weighted by Gasteiger charge is 2.36. The summed E-state index contributed by atoms with van der Waals surface area (Å²) in [5, 5.41) is 0. The summed E-state index contributed by atoms with van der Waals surface area (Å²) in [4.78, 5) is 35.9. The van der Waals surface area contributed by atoms with E-state index in [4.69, 9.17) is 0 Å². The normalized spacial score (nSPS) is 19.7. The monoisotopic (exact) mass is 253 g/mol. The van der Waals surface area contributed by atoms with Crippen LogP contribution in [-0.2, 0) is 14.4 Å². The Morgan fingerprint density at radius 3 is 2.50 bits per heavy atom. The SMILES string of the molecule is CCC(=O)CCCCCN1C(=O)CC(CC)C1=O. The number of likely N-dealkylation sites (tertiary alicyclic amines) is 1. The third-order valence-corrected chi connectivity index (χ3v) is 3.56. The van der Waals surface area contributed by atoms with E-state index in [1.807, 2.05) is 13.8 Å². The lowest BCUT2D eigenvalue weighted by atomic mass is 10.1. The van der Waals surface area contributed by atoms with Gasteiger partial charge in [0.1, 0.15) is 5.78 Å². The van der Waals surface area contributed by atoms with Gasteiger partial charge in [-0.15, -0.1) is 0 Å². The molecule has 18 heavy (non-hydrogen) atoms. The number of unbranched alkanes of at least 4 members (excludes halogenated alkanes) is 2. The van der Waals surface area contributed by atoms with Crippen LogP contribution in [0.5, 0.6) is 0 Å². The van der Waals surface area contributed by atoms with E-state index in [9.17, 15) is 14.4 Å². The molecule has 4 heteroatoms. The van der Waals surface area contributed by atoms with Gasteiger partial charge in [0.2, 0.25) is 11.8 Å². The molecule has 2 amide bonds. The van der Waals surface area contributed by atoms with Crippen molar-refractivity contribution in [3.63, 3.8) is 0 Å². The van der Waals surface area contributed by atoms with Gasteiger partial charge in [0, 0.05) is 31.7 Å². The lowest BCUT2D eigenvalue weighted by Crippen LogP contribution is -2.31. The van der Waals surface area contributed by atoms with Gasteiger partial charge in [-0.1, -0.05) is 20.3 Å². The Bertz CT molecular complexity index is 325. The number of Topliss-reactive ketones (excluding diaryl/α,β-unsaturated/α-hetero) is 1. The molecule has 1 aliphatic heterocycles. The fourth-order valence-corrected chi connectivity index (χ4v) is 2.25. The van der Waals surface area contributed by atoms with Crippen molar-refractivity contribution in [1.29, 1.82) is 0 Å². The summed E-state index contributed by atoms with van der Waals surface area (Å²) in [5.74, 6) is 0.150. The fraction of sp³-hybridized carbons (Fsp3) is 0.786. The number of ketones is 1. The molecule has 4 nitrogen and oxygen atoms in total. The minimum Gasteiger partial charge on any atom is -0.300 e. The maximum absolute atomic E-state index is 11.8. The molecule has 1 saturated heterocycles. The van der Waals surface area contributed by atoms with E-state index in [-0.39, 0.29) is 23.5 Å². The van der Waals surface area contributed by atoms with E-state index < -0.39 is 0 Å². The molecule has 1 unspecified atom stereocenters. The quantitative estimate of drug-likeness (QED) is 0.492. The van der Waals surface area contributed by atoms with Crippen LogP contribution < -0.4 is 0 Å². The lowest BCUT2D eigenvalue weighted by molar-refractivity contribution is -0.139. The van der Waals surface area contributed by atoms with Crippen molar-refractivity contribution in [1.82, 2.24) is 4.90 Å². The number of amides is 2.